The lowest BCUT2D eigenvalue weighted by Crippen LogP contribution is -2.18. The lowest BCUT2D eigenvalue weighted by Gasteiger charge is -2.16. The van der Waals surface area contributed by atoms with Crippen molar-refractivity contribution in [1.29, 1.82) is 0 Å². The summed E-state index contributed by atoms with van der Waals surface area (Å²) in [7, 11) is -4.76. The molecule has 0 saturated heterocycles. The van der Waals surface area contributed by atoms with Gasteiger partial charge in [0, 0.05) is 5.56 Å². The van der Waals surface area contributed by atoms with E-state index in [0.29, 0.717) is 0 Å². The van der Waals surface area contributed by atoms with Gasteiger partial charge in [0.25, 0.3) is 16.1 Å². The van der Waals surface area contributed by atoms with Crippen LogP contribution in [-0.2, 0) is 14.8 Å². The summed E-state index contributed by atoms with van der Waals surface area (Å²) < 4.78 is 109. The second-order valence-corrected chi connectivity index (χ2v) is 6.48. The van der Waals surface area contributed by atoms with Crippen molar-refractivity contribution in [3.63, 3.8) is 0 Å². The largest absolute Gasteiger partial charge is 0.573 e. The Hall–Kier alpha value is -3.05. The van der Waals surface area contributed by atoms with Gasteiger partial charge in [0.15, 0.2) is 0 Å². The van der Waals surface area contributed by atoms with E-state index in [1.54, 1.807) is 0 Å². The predicted molar refractivity (Wildman–Crippen MR) is 80.6 cm³/mol. The van der Waals surface area contributed by atoms with E-state index in [1.807, 2.05) is 0 Å². The van der Waals surface area contributed by atoms with E-state index < -0.39 is 44.7 Å². The Morgan fingerprint density at radius 1 is 0.857 bits per heavy atom. The highest BCUT2D eigenvalue weighted by atomic mass is 32.2. The van der Waals surface area contributed by atoms with Crippen LogP contribution in [0.1, 0.15) is 0 Å². The van der Waals surface area contributed by atoms with E-state index >= 15 is 0 Å². The molecule has 0 radical (unpaired) electrons. The molecule has 2 aromatic rings. The number of rotatable bonds is 5. The third-order valence-corrected chi connectivity index (χ3v) is 4.24. The minimum Gasteiger partial charge on any atom is -0.406 e. The second kappa shape index (κ2) is 7.52. The molecule has 0 saturated carbocycles. The quantitative estimate of drug-likeness (QED) is 0.406. The number of ether oxygens (including phenoxy) is 2. The van der Waals surface area contributed by atoms with Gasteiger partial charge in [0.2, 0.25) is 0 Å². The molecule has 2 aromatic carbocycles. The van der Waals surface area contributed by atoms with Crippen LogP contribution in [0.4, 0.5) is 26.3 Å². The number of halogens is 6. The van der Waals surface area contributed by atoms with Gasteiger partial charge in [-0.25, -0.2) is 4.79 Å². The molecule has 0 aliphatic heterocycles. The first-order chi connectivity index (χ1) is 12.8. The van der Waals surface area contributed by atoms with Crippen molar-refractivity contribution in [2.75, 3.05) is 0 Å². The Bertz CT molecular complexity index is 1010. The summed E-state index contributed by atoms with van der Waals surface area (Å²) in [6.45, 7) is 0. The normalized spacial score (nSPS) is 12.2. The van der Waals surface area contributed by atoms with Gasteiger partial charge in [0.1, 0.15) is 16.4 Å². The highest BCUT2D eigenvalue weighted by molar-refractivity contribution is 7.90. The monoisotopic (exact) mass is 427 g/mol. The summed E-state index contributed by atoms with van der Waals surface area (Å²) in [6, 6.07) is 5.80. The van der Waals surface area contributed by atoms with Crippen molar-refractivity contribution < 1.29 is 49.0 Å². The zero-order chi connectivity index (χ0) is 21.2. The minimum atomic E-state index is -5.20. The molecule has 28 heavy (non-hydrogen) atoms. The molecule has 0 atom stereocenters. The van der Waals surface area contributed by atoms with E-state index in [9.17, 15) is 39.6 Å². The molecule has 0 fully saturated rings. The SMILES string of the molecule is O=C=NS(=O)(=O)c1cccc(OC(F)(F)F)c1-c1ccc(OC(F)(F)F)cc1. The molecule has 150 valence electrons. The van der Waals surface area contributed by atoms with Crippen LogP contribution in [0.2, 0.25) is 0 Å². The lowest BCUT2D eigenvalue weighted by molar-refractivity contribution is -0.275. The van der Waals surface area contributed by atoms with Gasteiger partial charge in [-0.3, -0.25) is 0 Å². The molecule has 0 aliphatic carbocycles. The fraction of sp³-hybridized carbons (Fsp3) is 0.133. The summed E-state index contributed by atoms with van der Waals surface area (Å²) in [5, 5.41) is 0. The third-order valence-electron chi connectivity index (χ3n) is 3.03. The van der Waals surface area contributed by atoms with Gasteiger partial charge in [-0.2, -0.15) is 8.42 Å². The van der Waals surface area contributed by atoms with E-state index in [0.717, 1.165) is 48.5 Å². The smallest absolute Gasteiger partial charge is 0.406 e. The molecule has 0 N–H and O–H groups in total. The van der Waals surface area contributed by atoms with Crippen LogP contribution < -0.4 is 9.47 Å². The maximum absolute atomic E-state index is 12.7. The molecule has 0 aliphatic rings. The van der Waals surface area contributed by atoms with Crippen LogP contribution >= 0.6 is 0 Å². The number of carbonyl (C=O) groups excluding carboxylic acids is 1. The first kappa shape index (κ1) is 21.3. The minimum absolute atomic E-state index is 0.269. The van der Waals surface area contributed by atoms with Crippen molar-refractivity contribution >= 4 is 16.1 Å². The summed E-state index contributed by atoms with van der Waals surface area (Å²) in [5.41, 5.74) is -0.938. The van der Waals surface area contributed by atoms with Crippen LogP contribution in [0.15, 0.2) is 51.8 Å². The maximum Gasteiger partial charge on any atom is 0.573 e. The molecule has 0 amide bonds. The molecule has 0 bridgehead atoms. The summed E-state index contributed by atoms with van der Waals surface area (Å²) in [6.07, 6.45) is -9.45. The highest BCUT2D eigenvalue weighted by Gasteiger charge is 2.34. The van der Waals surface area contributed by atoms with Crippen LogP contribution in [-0.4, -0.2) is 27.2 Å². The molecule has 0 heterocycles. The first-order valence-corrected chi connectivity index (χ1v) is 8.35. The molecule has 6 nitrogen and oxygen atoms in total. The molecule has 0 spiro atoms. The molecule has 13 heteroatoms. The van der Waals surface area contributed by atoms with Gasteiger partial charge in [-0.1, -0.05) is 22.6 Å². The average Bonchev–Trinajstić information content (AvgIpc) is 2.52. The number of alkyl halides is 6. The van der Waals surface area contributed by atoms with E-state index in [1.165, 1.54) is 0 Å². The predicted octanol–water partition coefficient (Wildman–Crippen LogP) is 4.18. The van der Waals surface area contributed by atoms with E-state index in [4.69, 9.17) is 0 Å². The number of sulfonamides is 1. The van der Waals surface area contributed by atoms with Gasteiger partial charge in [0.05, 0.1) is 0 Å². The number of hydrogen-bond acceptors (Lipinski definition) is 5. The second-order valence-electron chi connectivity index (χ2n) is 4.91. The highest BCUT2D eigenvalue weighted by Crippen LogP contribution is 2.40. The van der Waals surface area contributed by atoms with Crippen molar-refractivity contribution in [3.8, 4) is 22.6 Å². The summed E-state index contributed by atoms with van der Waals surface area (Å²) in [4.78, 5) is 9.48. The standard InChI is InChI=1S/C15H7F6NO5S/c16-14(17,18)26-10-6-4-9(5-7-10)13-11(27-15(19,20)21)2-1-3-12(13)28(24,25)22-8-23/h1-7H. The van der Waals surface area contributed by atoms with Crippen molar-refractivity contribution in [2.45, 2.75) is 17.6 Å². The molecular formula is C15H7F6NO5S. The summed E-state index contributed by atoms with van der Waals surface area (Å²) in [5.74, 6) is -1.67. The number of hydrogen-bond donors (Lipinski definition) is 0. The van der Waals surface area contributed by atoms with Gasteiger partial charge < -0.3 is 9.47 Å². The summed E-state index contributed by atoms with van der Waals surface area (Å²) >= 11 is 0. The van der Waals surface area contributed by atoms with Crippen LogP contribution in [0.5, 0.6) is 11.5 Å². The van der Waals surface area contributed by atoms with Crippen LogP contribution in [0.3, 0.4) is 0 Å². The Kier molecular flexibility index (Phi) is 5.71. The number of nitrogens with zero attached hydrogens (tertiary/aromatic N) is 1. The third kappa shape index (κ3) is 5.47. The van der Waals surface area contributed by atoms with Crippen molar-refractivity contribution in [3.05, 3.63) is 42.5 Å². The zero-order valence-electron chi connectivity index (χ0n) is 13.2. The Morgan fingerprint density at radius 3 is 1.93 bits per heavy atom. The molecule has 0 unspecified atom stereocenters. The first-order valence-electron chi connectivity index (χ1n) is 6.91. The van der Waals surface area contributed by atoms with E-state index in [2.05, 4.69) is 13.9 Å². The maximum atomic E-state index is 12.7. The number of isocyanates is 1. The van der Waals surface area contributed by atoms with Crippen molar-refractivity contribution in [2.24, 2.45) is 4.40 Å². The Balaban J connectivity index is 2.67. The van der Waals surface area contributed by atoms with Gasteiger partial charge in [-0.15, -0.1) is 26.3 Å². The average molecular weight is 427 g/mol. The van der Waals surface area contributed by atoms with Gasteiger partial charge >= 0.3 is 12.7 Å². The zero-order valence-corrected chi connectivity index (χ0v) is 14.0. The van der Waals surface area contributed by atoms with Crippen LogP contribution in [0, 0.1) is 0 Å². The molecular weight excluding hydrogens is 420 g/mol. The number of benzene rings is 2. The van der Waals surface area contributed by atoms with Crippen molar-refractivity contribution in [1.82, 2.24) is 0 Å². The fourth-order valence-corrected chi connectivity index (χ4v) is 3.07. The molecule has 0 aromatic heterocycles. The lowest BCUT2D eigenvalue weighted by atomic mass is 10.0. The van der Waals surface area contributed by atoms with Gasteiger partial charge in [-0.05, 0) is 29.8 Å². The van der Waals surface area contributed by atoms with E-state index in [-0.39, 0.29) is 5.56 Å². The Labute approximate surface area is 153 Å². The molecule has 2 rings (SSSR count). The topological polar surface area (TPSA) is 82.0 Å². The Morgan fingerprint density at radius 2 is 1.43 bits per heavy atom. The van der Waals surface area contributed by atoms with Crippen LogP contribution in [0.25, 0.3) is 11.1 Å². The fourth-order valence-electron chi connectivity index (χ4n) is 2.14.